The molecule has 0 spiro atoms. The molecule has 0 aliphatic rings. The number of phenols is 1. The number of halogens is 1. The van der Waals surface area contributed by atoms with Crippen LogP contribution in [0.1, 0.15) is 11.1 Å². The van der Waals surface area contributed by atoms with Gasteiger partial charge in [-0.3, -0.25) is 0 Å². The summed E-state index contributed by atoms with van der Waals surface area (Å²) < 4.78 is 4.96. The van der Waals surface area contributed by atoms with Gasteiger partial charge in [-0.2, -0.15) is 0 Å². The molecular weight excluding hydrogens is 220 g/mol. The zero-order chi connectivity index (χ0) is 9.14. The quantitative estimate of drug-likeness (QED) is 0.792. The third-order valence-corrected chi connectivity index (χ3v) is 2.39. The van der Waals surface area contributed by atoms with Crippen molar-refractivity contribution in [1.82, 2.24) is 0 Å². The van der Waals surface area contributed by atoms with Gasteiger partial charge in [-0.25, -0.2) is 0 Å². The highest BCUT2D eigenvalue weighted by Crippen LogP contribution is 2.29. The number of aryl methyl sites for hydroxylation is 1. The van der Waals surface area contributed by atoms with Crippen LogP contribution < -0.4 is 4.74 Å². The van der Waals surface area contributed by atoms with E-state index in [0.29, 0.717) is 5.75 Å². The van der Waals surface area contributed by atoms with E-state index in [-0.39, 0.29) is 5.75 Å². The number of hydrogen-bond acceptors (Lipinski definition) is 2. The summed E-state index contributed by atoms with van der Waals surface area (Å²) in [4.78, 5) is 0. The first-order valence-corrected chi connectivity index (χ1v) is 4.73. The van der Waals surface area contributed by atoms with Crippen molar-refractivity contribution in [3.05, 3.63) is 23.3 Å². The first-order chi connectivity index (χ1) is 5.69. The number of benzene rings is 1. The number of methoxy groups -OCH3 is 1. The van der Waals surface area contributed by atoms with Crippen molar-refractivity contribution in [2.24, 2.45) is 0 Å². The number of ether oxygens (including phenoxy) is 1. The Balaban J connectivity index is 3.16. The number of aromatic hydroxyl groups is 1. The van der Waals surface area contributed by atoms with Crippen LogP contribution in [0, 0.1) is 6.92 Å². The van der Waals surface area contributed by atoms with Gasteiger partial charge in [-0.05, 0) is 30.2 Å². The summed E-state index contributed by atoms with van der Waals surface area (Å²) in [5.74, 6) is 0.717. The second-order valence-electron chi connectivity index (χ2n) is 2.58. The van der Waals surface area contributed by atoms with Gasteiger partial charge in [0.05, 0.1) is 7.11 Å². The Morgan fingerprint density at radius 3 is 2.67 bits per heavy atom. The molecular formula is C9H11BrO2. The minimum Gasteiger partial charge on any atom is -0.504 e. The van der Waals surface area contributed by atoms with Crippen LogP contribution in [-0.4, -0.2) is 12.2 Å². The summed E-state index contributed by atoms with van der Waals surface area (Å²) in [5.41, 5.74) is 2.19. The predicted octanol–water partition coefficient (Wildman–Crippen LogP) is 2.60. The molecule has 1 aromatic rings. The number of alkyl halides is 1. The second kappa shape index (κ2) is 3.81. The molecule has 2 nitrogen and oxygen atoms in total. The smallest absolute Gasteiger partial charge is 0.160 e. The highest BCUT2D eigenvalue weighted by atomic mass is 79.9. The molecule has 66 valence electrons. The van der Waals surface area contributed by atoms with Crippen molar-refractivity contribution in [3.63, 3.8) is 0 Å². The fourth-order valence-corrected chi connectivity index (χ4v) is 1.62. The van der Waals surface area contributed by atoms with E-state index < -0.39 is 0 Å². The van der Waals surface area contributed by atoms with Gasteiger partial charge in [0.25, 0.3) is 0 Å². The largest absolute Gasteiger partial charge is 0.504 e. The van der Waals surface area contributed by atoms with E-state index in [1.165, 1.54) is 0 Å². The summed E-state index contributed by atoms with van der Waals surface area (Å²) in [6.07, 6.45) is 0. The normalized spacial score (nSPS) is 9.92. The minimum absolute atomic E-state index is 0.192. The lowest BCUT2D eigenvalue weighted by molar-refractivity contribution is 0.373. The molecule has 0 aliphatic carbocycles. The van der Waals surface area contributed by atoms with Crippen LogP contribution in [0.3, 0.4) is 0 Å². The Morgan fingerprint density at radius 2 is 2.17 bits per heavy atom. The van der Waals surface area contributed by atoms with Crippen LogP contribution in [0.25, 0.3) is 0 Å². The molecule has 0 fully saturated rings. The topological polar surface area (TPSA) is 29.5 Å². The molecule has 0 aromatic heterocycles. The van der Waals surface area contributed by atoms with Crippen molar-refractivity contribution < 1.29 is 9.84 Å². The summed E-state index contributed by atoms with van der Waals surface area (Å²) in [6.45, 7) is 1.98. The minimum atomic E-state index is 0.192. The lowest BCUT2D eigenvalue weighted by Crippen LogP contribution is -1.89. The molecule has 0 amide bonds. The number of hydrogen-bond donors (Lipinski definition) is 1. The summed E-state index contributed by atoms with van der Waals surface area (Å²) in [6, 6.07) is 3.54. The van der Waals surface area contributed by atoms with Crippen molar-refractivity contribution in [3.8, 4) is 11.5 Å². The predicted molar refractivity (Wildman–Crippen MR) is 52.0 cm³/mol. The van der Waals surface area contributed by atoms with Gasteiger partial charge in [0.2, 0.25) is 0 Å². The maximum atomic E-state index is 9.40. The molecule has 0 heterocycles. The van der Waals surface area contributed by atoms with Crippen molar-refractivity contribution in [2.45, 2.75) is 12.3 Å². The van der Waals surface area contributed by atoms with Crippen LogP contribution >= 0.6 is 15.9 Å². The van der Waals surface area contributed by atoms with Gasteiger partial charge in [0, 0.05) is 5.33 Å². The summed E-state index contributed by atoms with van der Waals surface area (Å²) in [5, 5.41) is 10.1. The fraction of sp³-hybridized carbons (Fsp3) is 0.333. The molecule has 0 saturated heterocycles. The van der Waals surface area contributed by atoms with Crippen molar-refractivity contribution >= 4 is 15.9 Å². The van der Waals surface area contributed by atoms with E-state index in [1.54, 1.807) is 13.2 Å². The Labute approximate surface area is 80.3 Å². The third-order valence-electron chi connectivity index (χ3n) is 1.78. The van der Waals surface area contributed by atoms with Crippen LogP contribution in [0.4, 0.5) is 0 Å². The van der Waals surface area contributed by atoms with E-state index in [0.717, 1.165) is 16.5 Å². The zero-order valence-electron chi connectivity index (χ0n) is 7.10. The molecule has 1 rings (SSSR count). The standard InChI is InChI=1S/C9H11BrO2/c1-6-3-9(12-2)8(11)4-7(6)5-10/h3-4,11H,5H2,1-2H3. The van der Waals surface area contributed by atoms with E-state index in [2.05, 4.69) is 15.9 Å². The number of rotatable bonds is 2. The fourth-order valence-electron chi connectivity index (χ4n) is 1.02. The molecule has 1 N–H and O–H groups in total. The summed E-state index contributed by atoms with van der Waals surface area (Å²) >= 11 is 3.34. The zero-order valence-corrected chi connectivity index (χ0v) is 8.68. The molecule has 0 atom stereocenters. The first kappa shape index (κ1) is 9.39. The monoisotopic (exact) mass is 230 g/mol. The van der Waals surface area contributed by atoms with Crippen LogP contribution in [0.5, 0.6) is 11.5 Å². The maximum Gasteiger partial charge on any atom is 0.160 e. The molecule has 12 heavy (non-hydrogen) atoms. The highest BCUT2D eigenvalue weighted by molar-refractivity contribution is 9.08. The van der Waals surface area contributed by atoms with E-state index in [1.807, 2.05) is 13.0 Å². The van der Waals surface area contributed by atoms with Crippen molar-refractivity contribution in [2.75, 3.05) is 7.11 Å². The SMILES string of the molecule is COc1cc(C)c(CBr)cc1O. The van der Waals surface area contributed by atoms with E-state index >= 15 is 0 Å². The maximum absolute atomic E-state index is 9.40. The van der Waals surface area contributed by atoms with Crippen LogP contribution in [-0.2, 0) is 5.33 Å². The average molecular weight is 231 g/mol. The summed E-state index contributed by atoms with van der Waals surface area (Å²) in [7, 11) is 1.54. The van der Waals surface area contributed by atoms with Crippen molar-refractivity contribution in [1.29, 1.82) is 0 Å². The molecule has 0 bridgehead atoms. The number of phenolic OH excluding ortho intramolecular Hbond substituents is 1. The van der Waals surface area contributed by atoms with E-state index in [4.69, 9.17) is 4.74 Å². The first-order valence-electron chi connectivity index (χ1n) is 3.61. The Kier molecular flexibility index (Phi) is 2.98. The average Bonchev–Trinajstić information content (AvgIpc) is 2.08. The van der Waals surface area contributed by atoms with Crippen LogP contribution in [0.15, 0.2) is 12.1 Å². The van der Waals surface area contributed by atoms with Gasteiger partial charge < -0.3 is 9.84 Å². The Hall–Kier alpha value is -0.700. The second-order valence-corrected chi connectivity index (χ2v) is 3.14. The highest BCUT2D eigenvalue weighted by Gasteiger charge is 2.04. The van der Waals surface area contributed by atoms with Gasteiger partial charge in [0.1, 0.15) is 0 Å². The van der Waals surface area contributed by atoms with E-state index in [9.17, 15) is 5.11 Å². The lowest BCUT2D eigenvalue weighted by atomic mass is 10.1. The van der Waals surface area contributed by atoms with Gasteiger partial charge in [-0.1, -0.05) is 15.9 Å². The lowest BCUT2D eigenvalue weighted by Gasteiger charge is -2.07. The molecule has 0 saturated carbocycles. The molecule has 0 unspecified atom stereocenters. The van der Waals surface area contributed by atoms with Gasteiger partial charge in [-0.15, -0.1) is 0 Å². The van der Waals surface area contributed by atoms with Gasteiger partial charge >= 0.3 is 0 Å². The third kappa shape index (κ3) is 1.72. The molecule has 0 aliphatic heterocycles. The Bertz CT molecular complexity index is 254. The van der Waals surface area contributed by atoms with Gasteiger partial charge in [0.15, 0.2) is 11.5 Å². The molecule has 0 radical (unpaired) electrons. The Morgan fingerprint density at radius 1 is 1.50 bits per heavy atom. The molecule has 1 aromatic carbocycles. The van der Waals surface area contributed by atoms with Crippen LogP contribution in [0.2, 0.25) is 0 Å². The molecule has 3 heteroatoms.